The van der Waals surface area contributed by atoms with Crippen molar-refractivity contribution in [2.75, 3.05) is 13.2 Å². The summed E-state index contributed by atoms with van der Waals surface area (Å²) in [6, 6.07) is 2.22. The number of aliphatic hydroxyl groups excluding tert-OH is 1. The predicted octanol–water partition coefficient (Wildman–Crippen LogP) is -1.53. The second kappa shape index (κ2) is 12.5. The summed E-state index contributed by atoms with van der Waals surface area (Å²) in [6.45, 7) is 2.41. The van der Waals surface area contributed by atoms with Crippen LogP contribution >= 0.6 is 0 Å². The number of aliphatic carboxylic acids is 1. The van der Waals surface area contributed by atoms with Gasteiger partial charge < -0.3 is 37.0 Å². The molecule has 1 aromatic rings. The Morgan fingerprint density at radius 3 is 2.10 bits per heavy atom. The Morgan fingerprint density at radius 2 is 1.61 bits per heavy atom. The quantitative estimate of drug-likeness (QED) is 0.204. The first kappa shape index (κ1) is 25.9. The summed E-state index contributed by atoms with van der Waals surface area (Å²) < 4.78 is 0. The number of hydrogen-bond donors (Lipinski definition) is 7. The molecule has 0 saturated heterocycles. The van der Waals surface area contributed by atoms with Gasteiger partial charge in [0.25, 0.3) is 0 Å². The third kappa shape index (κ3) is 8.22. The molecule has 4 atom stereocenters. The molecule has 1 aromatic carbocycles. The summed E-state index contributed by atoms with van der Waals surface area (Å²) in [7, 11) is 0. The van der Waals surface area contributed by atoms with Crippen molar-refractivity contribution in [2.24, 2.45) is 11.7 Å². The number of carboxylic acids is 1. The molecule has 8 N–H and O–H groups in total. The fraction of sp³-hybridized carbons (Fsp3) is 0.500. The summed E-state index contributed by atoms with van der Waals surface area (Å²) in [6.07, 6.45) is 0.460. The summed E-state index contributed by atoms with van der Waals surface area (Å²) in [4.78, 5) is 48.4. The molecular weight excluding hydrogens is 408 g/mol. The van der Waals surface area contributed by atoms with Gasteiger partial charge in [-0.3, -0.25) is 14.4 Å². The highest BCUT2D eigenvalue weighted by Crippen LogP contribution is 2.13. The van der Waals surface area contributed by atoms with Crippen LogP contribution in [0.4, 0.5) is 0 Å². The highest BCUT2D eigenvalue weighted by molar-refractivity contribution is 5.93. The van der Waals surface area contributed by atoms with Crippen molar-refractivity contribution in [2.45, 2.75) is 44.8 Å². The first-order valence-corrected chi connectivity index (χ1v) is 9.84. The van der Waals surface area contributed by atoms with Crippen LogP contribution in [0, 0.1) is 5.92 Å². The van der Waals surface area contributed by atoms with E-state index in [0.717, 1.165) is 0 Å². The molecule has 11 nitrogen and oxygen atoms in total. The molecule has 31 heavy (non-hydrogen) atoms. The van der Waals surface area contributed by atoms with Crippen molar-refractivity contribution in [3.05, 3.63) is 29.8 Å². The van der Waals surface area contributed by atoms with Crippen molar-refractivity contribution in [3.63, 3.8) is 0 Å². The van der Waals surface area contributed by atoms with E-state index in [1.807, 2.05) is 0 Å². The number of carboxylic acid groups (broad SMARTS) is 1. The lowest BCUT2D eigenvalue weighted by atomic mass is 9.97. The molecule has 1 rings (SSSR count). The minimum atomic E-state index is -1.30. The van der Waals surface area contributed by atoms with Gasteiger partial charge in [-0.05, 0) is 23.6 Å². The number of carbonyl (C=O) groups is 4. The lowest BCUT2D eigenvalue weighted by molar-refractivity contribution is -0.142. The number of aliphatic hydroxyl groups is 1. The van der Waals surface area contributed by atoms with Crippen LogP contribution in [-0.2, 0) is 25.6 Å². The van der Waals surface area contributed by atoms with Crippen LogP contribution in [0.1, 0.15) is 25.8 Å². The number of amides is 3. The number of phenols is 1. The molecule has 0 radical (unpaired) electrons. The molecule has 0 bridgehead atoms. The van der Waals surface area contributed by atoms with Crippen LogP contribution in [0.25, 0.3) is 0 Å². The van der Waals surface area contributed by atoms with Crippen LogP contribution in [0.3, 0.4) is 0 Å². The van der Waals surface area contributed by atoms with Gasteiger partial charge in [0.2, 0.25) is 17.7 Å². The van der Waals surface area contributed by atoms with Gasteiger partial charge in [-0.2, -0.15) is 0 Å². The Labute approximate surface area is 180 Å². The van der Waals surface area contributed by atoms with E-state index in [4.69, 9.17) is 5.73 Å². The minimum Gasteiger partial charge on any atom is -0.508 e. The third-order valence-electron chi connectivity index (χ3n) is 4.80. The summed E-state index contributed by atoms with van der Waals surface area (Å²) in [5, 5.41) is 35.4. The number of benzene rings is 1. The van der Waals surface area contributed by atoms with Gasteiger partial charge in [0.1, 0.15) is 23.9 Å². The zero-order valence-electron chi connectivity index (χ0n) is 17.5. The van der Waals surface area contributed by atoms with E-state index < -0.39 is 48.4 Å². The van der Waals surface area contributed by atoms with E-state index in [-0.39, 0.29) is 24.6 Å². The summed E-state index contributed by atoms with van der Waals surface area (Å²) in [5.74, 6) is -3.76. The molecule has 0 aliphatic carbocycles. The van der Waals surface area contributed by atoms with E-state index >= 15 is 0 Å². The van der Waals surface area contributed by atoms with E-state index in [2.05, 4.69) is 16.0 Å². The first-order valence-electron chi connectivity index (χ1n) is 9.84. The van der Waals surface area contributed by atoms with Crippen LogP contribution in [0.2, 0.25) is 0 Å². The van der Waals surface area contributed by atoms with E-state index in [9.17, 15) is 34.5 Å². The van der Waals surface area contributed by atoms with Gasteiger partial charge >= 0.3 is 5.97 Å². The van der Waals surface area contributed by atoms with Crippen LogP contribution in [0.15, 0.2) is 24.3 Å². The maximum absolute atomic E-state index is 12.8. The second-order valence-corrected chi connectivity index (χ2v) is 7.15. The monoisotopic (exact) mass is 438 g/mol. The Balaban J connectivity index is 2.94. The number of aromatic hydroxyl groups is 1. The fourth-order valence-electron chi connectivity index (χ4n) is 2.73. The lowest BCUT2D eigenvalue weighted by Gasteiger charge is -2.27. The number of hydrogen-bond acceptors (Lipinski definition) is 7. The van der Waals surface area contributed by atoms with Crippen molar-refractivity contribution >= 4 is 23.7 Å². The van der Waals surface area contributed by atoms with Crippen LogP contribution in [-0.4, -0.2) is 70.3 Å². The minimum absolute atomic E-state index is 0.0272. The smallest absolute Gasteiger partial charge is 0.326 e. The van der Waals surface area contributed by atoms with Crippen molar-refractivity contribution in [1.29, 1.82) is 0 Å². The fourth-order valence-corrected chi connectivity index (χ4v) is 2.73. The summed E-state index contributed by atoms with van der Waals surface area (Å²) >= 11 is 0. The van der Waals surface area contributed by atoms with Crippen LogP contribution < -0.4 is 21.7 Å². The molecule has 3 amide bonds. The van der Waals surface area contributed by atoms with Gasteiger partial charge in [0.05, 0.1) is 13.2 Å². The Kier molecular flexibility index (Phi) is 10.4. The van der Waals surface area contributed by atoms with E-state index in [1.165, 1.54) is 24.3 Å². The lowest BCUT2D eigenvalue weighted by Crippen LogP contribution is -2.59. The molecule has 0 spiro atoms. The predicted molar refractivity (Wildman–Crippen MR) is 111 cm³/mol. The largest absolute Gasteiger partial charge is 0.508 e. The molecule has 11 heteroatoms. The molecule has 0 fully saturated rings. The number of phenolic OH excluding ortho intramolecular Hbond substituents is 1. The molecule has 4 unspecified atom stereocenters. The average molecular weight is 438 g/mol. The maximum atomic E-state index is 12.8. The average Bonchev–Trinajstić information content (AvgIpc) is 2.75. The summed E-state index contributed by atoms with van der Waals surface area (Å²) in [5.41, 5.74) is 5.77. The molecular formula is C20H30N4O7. The molecule has 0 heterocycles. The number of nitrogens with one attached hydrogen (secondary N) is 3. The highest BCUT2D eigenvalue weighted by atomic mass is 16.4. The third-order valence-corrected chi connectivity index (χ3v) is 4.80. The topological polar surface area (TPSA) is 191 Å². The Morgan fingerprint density at radius 1 is 1.00 bits per heavy atom. The molecule has 172 valence electrons. The second-order valence-electron chi connectivity index (χ2n) is 7.15. The van der Waals surface area contributed by atoms with Gasteiger partial charge in [-0.1, -0.05) is 32.4 Å². The number of rotatable bonds is 12. The molecule has 0 aliphatic rings. The van der Waals surface area contributed by atoms with Crippen LogP contribution in [0.5, 0.6) is 5.75 Å². The normalized spacial score (nSPS) is 14.6. The molecule has 0 aliphatic heterocycles. The standard InChI is InChI=1S/C20H30N4O7/c1-3-11(2)17(24-18(28)15(10-25)22-16(27)9-21)19(29)23-14(20(30)31)8-12-4-6-13(26)7-5-12/h4-7,11,14-15,17,25-26H,3,8-10,21H2,1-2H3,(H,22,27)(H,23,29)(H,24,28)(H,30,31). The van der Waals surface area contributed by atoms with Gasteiger partial charge in [0, 0.05) is 6.42 Å². The molecule has 0 saturated carbocycles. The zero-order valence-corrected chi connectivity index (χ0v) is 17.5. The zero-order chi connectivity index (χ0) is 23.6. The first-order chi connectivity index (χ1) is 14.6. The van der Waals surface area contributed by atoms with Crippen molar-refractivity contribution in [1.82, 2.24) is 16.0 Å². The van der Waals surface area contributed by atoms with Gasteiger partial charge in [0.15, 0.2) is 0 Å². The van der Waals surface area contributed by atoms with E-state index in [0.29, 0.717) is 12.0 Å². The SMILES string of the molecule is CCC(C)C(NC(=O)C(CO)NC(=O)CN)C(=O)NC(Cc1ccc(O)cc1)C(=O)O. The van der Waals surface area contributed by atoms with Crippen molar-refractivity contribution < 1.29 is 34.5 Å². The van der Waals surface area contributed by atoms with Gasteiger partial charge in [-0.15, -0.1) is 0 Å². The van der Waals surface area contributed by atoms with Gasteiger partial charge in [-0.25, -0.2) is 4.79 Å². The number of carbonyl (C=O) groups excluding carboxylic acids is 3. The van der Waals surface area contributed by atoms with Crippen molar-refractivity contribution in [3.8, 4) is 5.75 Å². The maximum Gasteiger partial charge on any atom is 0.326 e. The Hall–Kier alpha value is -3.18. The highest BCUT2D eigenvalue weighted by Gasteiger charge is 2.32. The molecule has 0 aromatic heterocycles. The van der Waals surface area contributed by atoms with E-state index in [1.54, 1.807) is 13.8 Å². The number of nitrogens with two attached hydrogens (primary N) is 1. The Bertz CT molecular complexity index is 769.